The lowest BCUT2D eigenvalue weighted by molar-refractivity contribution is 0.0128. The van der Waals surface area contributed by atoms with Gasteiger partial charge in [0, 0.05) is 25.7 Å². The van der Waals surface area contributed by atoms with Crippen molar-refractivity contribution < 1.29 is 17.6 Å². The van der Waals surface area contributed by atoms with E-state index in [0.29, 0.717) is 13.2 Å². The molecule has 1 atom stereocenters. The van der Waals surface area contributed by atoms with Gasteiger partial charge in [0.05, 0.1) is 25.5 Å². The summed E-state index contributed by atoms with van der Waals surface area (Å²) in [6.07, 6.45) is 1.60. The fourth-order valence-electron chi connectivity index (χ4n) is 2.32. The zero-order valence-corrected chi connectivity index (χ0v) is 13.2. The predicted octanol–water partition coefficient (Wildman–Crippen LogP) is 0.485. The molecule has 1 aromatic heterocycles. The Morgan fingerprint density at radius 1 is 1.33 bits per heavy atom. The molecule has 8 heteroatoms. The smallest absolute Gasteiger partial charge is 0.277 e. The second kappa shape index (κ2) is 7.37. The van der Waals surface area contributed by atoms with Crippen molar-refractivity contribution in [2.24, 2.45) is 0 Å². The first-order valence-electron chi connectivity index (χ1n) is 7.10. The molecule has 0 aromatic carbocycles. The molecule has 0 saturated carbocycles. The van der Waals surface area contributed by atoms with Crippen molar-refractivity contribution in [1.82, 2.24) is 14.3 Å². The molecule has 2 heterocycles. The summed E-state index contributed by atoms with van der Waals surface area (Å²) in [5.74, 6) is 0.754. The van der Waals surface area contributed by atoms with Crippen LogP contribution in [0.2, 0.25) is 0 Å². The zero-order valence-electron chi connectivity index (χ0n) is 12.4. The minimum Gasteiger partial charge on any atom is -0.468 e. The van der Waals surface area contributed by atoms with Gasteiger partial charge in [-0.25, -0.2) is 4.72 Å². The van der Waals surface area contributed by atoms with Crippen molar-refractivity contribution in [1.29, 1.82) is 0 Å². The van der Waals surface area contributed by atoms with Gasteiger partial charge in [-0.15, -0.1) is 0 Å². The van der Waals surface area contributed by atoms with Crippen molar-refractivity contribution in [2.75, 3.05) is 32.8 Å². The number of nitrogens with zero attached hydrogens (tertiary/aromatic N) is 1. The summed E-state index contributed by atoms with van der Waals surface area (Å²) in [4.78, 5) is 2.17. The number of hydrogen-bond donors (Lipinski definition) is 2. The van der Waals surface area contributed by atoms with E-state index >= 15 is 0 Å². The molecule has 2 rings (SSSR count). The van der Waals surface area contributed by atoms with Gasteiger partial charge in [-0.1, -0.05) is 0 Å². The van der Waals surface area contributed by atoms with Gasteiger partial charge in [0.1, 0.15) is 5.76 Å². The molecule has 7 nitrogen and oxygen atoms in total. The highest BCUT2D eigenvalue weighted by Gasteiger charge is 2.26. The Balaban J connectivity index is 2.03. The predicted molar refractivity (Wildman–Crippen MR) is 79.0 cm³/mol. The Bertz CT molecular complexity index is 510. The molecular weight excluding hydrogens is 294 g/mol. The minimum atomic E-state index is -3.51. The van der Waals surface area contributed by atoms with Crippen LogP contribution in [-0.2, 0) is 14.9 Å². The molecule has 21 heavy (non-hydrogen) atoms. The van der Waals surface area contributed by atoms with Crippen LogP contribution in [0.5, 0.6) is 0 Å². The van der Waals surface area contributed by atoms with E-state index in [4.69, 9.17) is 9.15 Å². The number of hydrogen-bond acceptors (Lipinski definition) is 5. The molecule has 0 spiro atoms. The average molecular weight is 317 g/mol. The largest absolute Gasteiger partial charge is 0.468 e. The topological polar surface area (TPSA) is 83.8 Å². The van der Waals surface area contributed by atoms with E-state index in [1.165, 1.54) is 0 Å². The van der Waals surface area contributed by atoms with Gasteiger partial charge in [-0.05, 0) is 26.0 Å². The number of morpholine rings is 1. The molecule has 1 aliphatic heterocycles. The Labute approximate surface area is 125 Å². The van der Waals surface area contributed by atoms with Crippen molar-refractivity contribution in [3.05, 3.63) is 24.2 Å². The normalized spacial score (nSPS) is 19.0. The summed E-state index contributed by atoms with van der Waals surface area (Å²) in [6.45, 7) is 6.63. The maximum absolute atomic E-state index is 11.9. The molecule has 1 aromatic rings. The van der Waals surface area contributed by atoms with E-state index in [0.717, 1.165) is 18.8 Å². The summed E-state index contributed by atoms with van der Waals surface area (Å²) < 4.78 is 39.7. The van der Waals surface area contributed by atoms with Crippen LogP contribution in [0.15, 0.2) is 22.8 Å². The third-order valence-corrected chi connectivity index (χ3v) is 4.54. The summed E-state index contributed by atoms with van der Waals surface area (Å²) >= 11 is 0. The maximum Gasteiger partial charge on any atom is 0.277 e. The maximum atomic E-state index is 11.9. The van der Waals surface area contributed by atoms with Crippen LogP contribution in [-0.4, -0.2) is 52.2 Å². The van der Waals surface area contributed by atoms with Gasteiger partial charge >= 0.3 is 0 Å². The lowest BCUT2D eigenvalue weighted by Gasteiger charge is -2.33. The summed E-state index contributed by atoms with van der Waals surface area (Å²) in [7, 11) is -3.51. The molecule has 0 aliphatic carbocycles. The first-order valence-corrected chi connectivity index (χ1v) is 8.58. The SMILES string of the molecule is CC(C)NS(=O)(=O)NCC(c1ccco1)N1CCOCC1. The molecule has 0 radical (unpaired) electrons. The molecular formula is C13H23N3O4S. The van der Waals surface area contributed by atoms with Gasteiger partial charge in [-0.2, -0.15) is 13.1 Å². The Kier molecular flexibility index (Phi) is 5.77. The Morgan fingerprint density at radius 2 is 2.05 bits per heavy atom. The highest BCUT2D eigenvalue weighted by Crippen LogP contribution is 2.21. The molecule has 0 amide bonds. The van der Waals surface area contributed by atoms with Crippen LogP contribution in [0, 0.1) is 0 Å². The van der Waals surface area contributed by atoms with Crippen molar-refractivity contribution in [3.63, 3.8) is 0 Å². The molecule has 1 saturated heterocycles. The van der Waals surface area contributed by atoms with Crippen molar-refractivity contribution in [3.8, 4) is 0 Å². The van der Waals surface area contributed by atoms with Crippen LogP contribution in [0.4, 0.5) is 0 Å². The third-order valence-electron chi connectivity index (χ3n) is 3.22. The van der Waals surface area contributed by atoms with Crippen LogP contribution >= 0.6 is 0 Å². The molecule has 120 valence electrons. The van der Waals surface area contributed by atoms with Crippen LogP contribution < -0.4 is 9.44 Å². The van der Waals surface area contributed by atoms with Crippen LogP contribution in [0.3, 0.4) is 0 Å². The molecule has 1 unspecified atom stereocenters. The lowest BCUT2D eigenvalue weighted by atomic mass is 10.2. The monoisotopic (exact) mass is 317 g/mol. The Hall–Kier alpha value is -0.930. The van der Waals surface area contributed by atoms with E-state index in [-0.39, 0.29) is 18.6 Å². The van der Waals surface area contributed by atoms with Crippen LogP contribution in [0.1, 0.15) is 25.6 Å². The van der Waals surface area contributed by atoms with E-state index in [2.05, 4.69) is 14.3 Å². The van der Waals surface area contributed by atoms with Gasteiger partial charge < -0.3 is 9.15 Å². The molecule has 1 fully saturated rings. The van der Waals surface area contributed by atoms with Gasteiger partial charge in [0.15, 0.2) is 0 Å². The second-order valence-electron chi connectivity index (χ2n) is 5.30. The quantitative estimate of drug-likeness (QED) is 0.764. The van der Waals surface area contributed by atoms with Crippen molar-refractivity contribution >= 4 is 10.2 Å². The number of nitrogens with one attached hydrogen (secondary N) is 2. The lowest BCUT2D eigenvalue weighted by Crippen LogP contribution is -2.47. The highest BCUT2D eigenvalue weighted by molar-refractivity contribution is 7.87. The summed E-state index contributed by atoms with van der Waals surface area (Å²) in [5.41, 5.74) is 0. The van der Waals surface area contributed by atoms with Gasteiger partial charge in [0.2, 0.25) is 0 Å². The average Bonchev–Trinajstić information content (AvgIpc) is 2.92. The molecule has 0 bridgehead atoms. The van der Waals surface area contributed by atoms with Crippen molar-refractivity contribution in [2.45, 2.75) is 25.9 Å². The van der Waals surface area contributed by atoms with E-state index in [1.807, 2.05) is 12.1 Å². The Morgan fingerprint density at radius 3 is 2.62 bits per heavy atom. The van der Waals surface area contributed by atoms with E-state index in [1.54, 1.807) is 20.1 Å². The first-order chi connectivity index (χ1) is 9.98. The number of rotatable bonds is 7. The van der Waals surface area contributed by atoms with Gasteiger partial charge in [-0.3, -0.25) is 4.90 Å². The second-order valence-corrected chi connectivity index (χ2v) is 6.84. The number of furan rings is 1. The third kappa shape index (κ3) is 5.08. The molecule has 1 aliphatic rings. The van der Waals surface area contributed by atoms with Crippen LogP contribution in [0.25, 0.3) is 0 Å². The first kappa shape index (κ1) is 16.4. The van der Waals surface area contributed by atoms with Gasteiger partial charge in [0.25, 0.3) is 10.2 Å². The fourth-order valence-corrected chi connectivity index (χ4v) is 3.40. The standard InChI is InChI=1S/C13H23N3O4S/c1-11(2)15-21(17,18)14-10-12(13-4-3-7-20-13)16-5-8-19-9-6-16/h3-4,7,11-12,14-15H,5-6,8-10H2,1-2H3. The molecule has 2 N–H and O–H groups in total. The number of ether oxygens (including phenoxy) is 1. The van der Waals surface area contributed by atoms with E-state index in [9.17, 15) is 8.42 Å². The summed E-state index contributed by atoms with van der Waals surface area (Å²) in [6, 6.07) is 3.40. The minimum absolute atomic E-state index is 0.132. The zero-order chi connectivity index (χ0) is 15.3. The highest BCUT2D eigenvalue weighted by atomic mass is 32.2. The van der Waals surface area contributed by atoms with E-state index < -0.39 is 10.2 Å². The fraction of sp³-hybridized carbons (Fsp3) is 0.692. The summed E-state index contributed by atoms with van der Waals surface area (Å²) in [5, 5.41) is 0.